The van der Waals surface area contributed by atoms with Gasteiger partial charge in [0, 0.05) is 16.2 Å². The predicted octanol–water partition coefficient (Wildman–Crippen LogP) is 3.65. The van der Waals surface area contributed by atoms with Crippen molar-refractivity contribution in [2.45, 2.75) is 72.0 Å². The van der Waals surface area contributed by atoms with Gasteiger partial charge in [0.1, 0.15) is 0 Å². The van der Waals surface area contributed by atoms with Crippen LogP contribution >= 0.6 is 0 Å². The molecule has 4 aliphatic carbocycles. The minimum absolute atomic E-state index is 0.0714. The molecule has 4 rings (SSSR count). The summed E-state index contributed by atoms with van der Waals surface area (Å²) < 4.78 is 0. The lowest BCUT2D eigenvalue weighted by atomic mass is 9.40. The number of fused-ring (bicyclic) bond motifs is 5. The molecule has 0 aromatic heterocycles. The predicted molar refractivity (Wildman–Crippen MR) is 97.8 cm³/mol. The Morgan fingerprint density at radius 3 is 2.52 bits per heavy atom. The Bertz CT molecular complexity index is 689. The normalized spacial score (nSPS) is 57.6. The highest BCUT2D eigenvalue weighted by Gasteiger charge is 2.70. The van der Waals surface area contributed by atoms with E-state index in [0.717, 1.165) is 19.3 Å². The fraction of sp³-hybridized carbons (Fsp3) is 0.773. The second-order valence-corrected chi connectivity index (χ2v) is 10.1. The van der Waals surface area contributed by atoms with Gasteiger partial charge in [-0.15, -0.1) is 0 Å². The van der Waals surface area contributed by atoms with Gasteiger partial charge in [-0.25, -0.2) is 0 Å². The molecule has 0 radical (unpaired) electrons. The standard InChI is InChI=1S/C22H32O3/c1-13-10-17-16-7-6-14-11-15(23)8-9-19(14,2)21(16,4)18(24)12-20(17,3)22(13,5)25/h8-9,11,13,16-18,24-25H,6-7,10,12H2,1-5H3/t13-,16+,17+,18+,19+,20+,21-,22-/m1/s1. The van der Waals surface area contributed by atoms with E-state index in [2.05, 4.69) is 33.8 Å². The highest BCUT2D eigenvalue weighted by atomic mass is 16.3. The second kappa shape index (κ2) is 4.86. The number of aliphatic hydroxyl groups excluding tert-OH is 1. The van der Waals surface area contributed by atoms with E-state index in [9.17, 15) is 15.0 Å². The SMILES string of the molecule is C[C@@H]1C[C@H]2[C@@H]3CCC4=CC(=O)C=C[C@]4(C)[C@@]3(C)[C@@H](O)C[C@]2(C)[C@]1(C)O. The fourth-order valence-electron chi connectivity index (χ4n) is 7.18. The Labute approximate surface area is 151 Å². The third kappa shape index (κ3) is 1.82. The van der Waals surface area contributed by atoms with Gasteiger partial charge in [0.15, 0.2) is 5.78 Å². The number of carbonyl (C=O) groups excluding carboxylic acids is 1. The van der Waals surface area contributed by atoms with E-state index in [-0.39, 0.29) is 27.9 Å². The lowest BCUT2D eigenvalue weighted by Crippen LogP contribution is -2.64. The van der Waals surface area contributed by atoms with Gasteiger partial charge in [-0.3, -0.25) is 4.79 Å². The van der Waals surface area contributed by atoms with Crippen LogP contribution in [-0.2, 0) is 4.79 Å². The second-order valence-electron chi connectivity index (χ2n) is 10.1. The molecule has 25 heavy (non-hydrogen) atoms. The van der Waals surface area contributed by atoms with Crippen molar-refractivity contribution >= 4 is 5.78 Å². The third-order valence-corrected chi connectivity index (χ3v) is 9.52. The Morgan fingerprint density at radius 2 is 1.84 bits per heavy atom. The Balaban J connectivity index is 1.84. The number of aliphatic hydroxyl groups is 2. The number of ketones is 1. The number of hydrogen-bond acceptors (Lipinski definition) is 3. The topological polar surface area (TPSA) is 57.5 Å². The summed E-state index contributed by atoms with van der Waals surface area (Å²) in [6.45, 7) is 10.8. The molecule has 0 aromatic rings. The molecule has 2 N–H and O–H groups in total. The molecule has 0 bridgehead atoms. The zero-order chi connectivity index (χ0) is 18.4. The van der Waals surface area contributed by atoms with Gasteiger partial charge in [-0.2, -0.15) is 0 Å². The number of rotatable bonds is 0. The van der Waals surface area contributed by atoms with E-state index in [4.69, 9.17) is 0 Å². The molecule has 0 heterocycles. The van der Waals surface area contributed by atoms with E-state index in [1.54, 1.807) is 12.2 Å². The Kier molecular flexibility index (Phi) is 3.40. The molecule has 0 aromatic carbocycles. The molecule has 3 fully saturated rings. The van der Waals surface area contributed by atoms with Crippen molar-refractivity contribution in [3.05, 3.63) is 23.8 Å². The smallest absolute Gasteiger partial charge is 0.178 e. The van der Waals surface area contributed by atoms with Gasteiger partial charge in [0.2, 0.25) is 0 Å². The summed E-state index contributed by atoms with van der Waals surface area (Å²) in [7, 11) is 0. The summed E-state index contributed by atoms with van der Waals surface area (Å²) in [4.78, 5) is 11.9. The molecule has 0 amide bonds. The zero-order valence-electron chi connectivity index (χ0n) is 16.2. The molecule has 3 saturated carbocycles. The van der Waals surface area contributed by atoms with E-state index in [0.29, 0.717) is 18.3 Å². The molecule has 4 aliphatic rings. The van der Waals surface area contributed by atoms with E-state index >= 15 is 0 Å². The van der Waals surface area contributed by atoms with E-state index in [1.807, 2.05) is 6.92 Å². The molecule has 8 atom stereocenters. The van der Waals surface area contributed by atoms with Crippen molar-refractivity contribution in [1.82, 2.24) is 0 Å². The first-order chi connectivity index (χ1) is 11.5. The van der Waals surface area contributed by atoms with Crippen molar-refractivity contribution in [1.29, 1.82) is 0 Å². The van der Waals surface area contributed by atoms with Crippen LogP contribution in [0.3, 0.4) is 0 Å². The molecule has 0 saturated heterocycles. The van der Waals surface area contributed by atoms with Crippen LogP contribution < -0.4 is 0 Å². The van der Waals surface area contributed by atoms with Crippen molar-refractivity contribution in [2.75, 3.05) is 0 Å². The van der Waals surface area contributed by atoms with Gasteiger partial charge in [0.05, 0.1) is 11.7 Å². The van der Waals surface area contributed by atoms with Gasteiger partial charge in [0.25, 0.3) is 0 Å². The fourth-order valence-corrected chi connectivity index (χ4v) is 7.18. The summed E-state index contributed by atoms with van der Waals surface area (Å²) in [5, 5.41) is 22.7. The minimum atomic E-state index is -0.741. The van der Waals surface area contributed by atoms with Crippen LogP contribution in [0.5, 0.6) is 0 Å². The van der Waals surface area contributed by atoms with Gasteiger partial charge in [-0.05, 0) is 62.5 Å². The summed E-state index contributed by atoms with van der Waals surface area (Å²) in [5.74, 6) is 1.08. The maximum Gasteiger partial charge on any atom is 0.178 e. The molecule has 0 spiro atoms. The molecule has 0 unspecified atom stereocenters. The summed E-state index contributed by atoms with van der Waals surface area (Å²) in [6.07, 6.45) is 8.63. The Morgan fingerprint density at radius 1 is 1.16 bits per heavy atom. The summed E-state index contributed by atoms with van der Waals surface area (Å²) >= 11 is 0. The van der Waals surface area contributed by atoms with Crippen LogP contribution in [0.2, 0.25) is 0 Å². The molecular formula is C22H32O3. The quantitative estimate of drug-likeness (QED) is 0.705. The molecule has 0 aliphatic heterocycles. The van der Waals surface area contributed by atoms with Crippen molar-refractivity contribution in [3.63, 3.8) is 0 Å². The maximum atomic E-state index is 11.9. The van der Waals surface area contributed by atoms with Crippen LogP contribution in [-0.4, -0.2) is 27.7 Å². The zero-order valence-corrected chi connectivity index (χ0v) is 16.2. The number of carbonyl (C=O) groups is 1. The van der Waals surface area contributed by atoms with E-state index in [1.165, 1.54) is 5.57 Å². The third-order valence-electron chi connectivity index (χ3n) is 9.52. The Hall–Kier alpha value is -0.930. The first-order valence-corrected chi connectivity index (χ1v) is 9.83. The van der Waals surface area contributed by atoms with E-state index < -0.39 is 11.7 Å². The van der Waals surface area contributed by atoms with Crippen LogP contribution in [0.4, 0.5) is 0 Å². The molecule has 3 nitrogen and oxygen atoms in total. The summed E-state index contributed by atoms with van der Waals surface area (Å²) in [6, 6.07) is 0. The molecule has 138 valence electrons. The van der Waals surface area contributed by atoms with Crippen molar-refractivity contribution in [3.8, 4) is 0 Å². The van der Waals surface area contributed by atoms with Gasteiger partial charge >= 0.3 is 0 Å². The summed E-state index contributed by atoms with van der Waals surface area (Å²) in [5.41, 5.74) is -0.378. The average molecular weight is 344 g/mol. The monoisotopic (exact) mass is 344 g/mol. The minimum Gasteiger partial charge on any atom is -0.392 e. The first-order valence-electron chi connectivity index (χ1n) is 9.83. The lowest BCUT2D eigenvalue weighted by molar-refractivity contribution is -0.203. The van der Waals surface area contributed by atoms with Crippen LogP contribution in [0.15, 0.2) is 23.8 Å². The highest BCUT2D eigenvalue weighted by Crippen LogP contribution is 2.72. The number of hydrogen-bond donors (Lipinski definition) is 2. The van der Waals surface area contributed by atoms with Crippen LogP contribution in [0, 0.1) is 34.0 Å². The van der Waals surface area contributed by atoms with Crippen molar-refractivity contribution in [2.24, 2.45) is 34.0 Å². The molecule has 3 heteroatoms. The average Bonchev–Trinajstić information content (AvgIpc) is 2.70. The largest absolute Gasteiger partial charge is 0.392 e. The first kappa shape index (κ1) is 17.5. The van der Waals surface area contributed by atoms with Crippen molar-refractivity contribution < 1.29 is 15.0 Å². The lowest BCUT2D eigenvalue weighted by Gasteiger charge is -2.65. The van der Waals surface area contributed by atoms with Gasteiger partial charge < -0.3 is 10.2 Å². The molecular weight excluding hydrogens is 312 g/mol. The van der Waals surface area contributed by atoms with Gasteiger partial charge in [-0.1, -0.05) is 39.3 Å². The maximum absolute atomic E-state index is 11.9. The van der Waals surface area contributed by atoms with Crippen LogP contribution in [0.25, 0.3) is 0 Å². The van der Waals surface area contributed by atoms with Crippen LogP contribution in [0.1, 0.15) is 60.3 Å². The highest BCUT2D eigenvalue weighted by molar-refractivity contribution is 6.01. The number of allylic oxidation sites excluding steroid dienone is 4.